The fraction of sp³-hybridized carbons (Fsp3) is 0. The van der Waals surface area contributed by atoms with E-state index < -0.39 is 16.8 Å². The van der Waals surface area contributed by atoms with Gasteiger partial charge in [-0.05, 0) is 30.3 Å². The quantitative estimate of drug-likeness (QED) is 0.663. The highest BCUT2D eigenvalue weighted by atomic mass is 35.5. The predicted molar refractivity (Wildman–Crippen MR) is 77.1 cm³/mol. The number of anilines is 2. The molecule has 0 aliphatic carbocycles. The molecule has 2 rings (SSSR count). The van der Waals surface area contributed by atoms with Gasteiger partial charge >= 0.3 is 6.03 Å². The van der Waals surface area contributed by atoms with Crippen LogP contribution in [0.4, 0.5) is 26.2 Å². The topological polar surface area (TPSA) is 84.3 Å². The van der Waals surface area contributed by atoms with E-state index in [1.54, 1.807) is 0 Å². The third-order valence-electron chi connectivity index (χ3n) is 2.48. The Balaban J connectivity index is 2.09. The van der Waals surface area contributed by atoms with Crippen LogP contribution in [0.2, 0.25) is 5.02 Å². The molecule has 0 saturated carbocycles. The monoisotopic (exact) mass is 309 g/mol. The van der Waals surface area contributed by atoms with E-state index in [2.05, 4.69) is 10.6 Å². The van der Waals surface area contributed by atoms with Crippen molar-refractivity contribution in [3.63, 3.8) is 0 Å². The number of nitro benzene ring substituents is 1. The second kappa shape index (κ2) is 6.19. The molecule has 0 spiro atoms. The molecule has 0 radical (unpaired) electrons. The molecule has 0 atom stereocenters. The summed E-state index contributed by atoms with van der Waals surface area (Å²) in [6.45, 7) is 0. The van der Waals surface area contributed by atoms with Crippen molar-refractivity contribution in [2.45, 2.75) is 0 Å². The van der Waals surface area contributed by atoms with E-state index in [1.165, 1.54) is 30.3 Å². The van der Waals surface area contributed by atoms with Gasteiger partial charge in [0.05, 0.1) is 4.92 Å². The molecule has 0 aromatic heterocycles. The lowest BCUT2D eigenvalue weighted by molar-refractivity contribution is -0.384. The van der Waals surface area contributed by atoms with Crippen LogP contribution >= 0.6 is 11.6 Å². The normalized spacial score (nSPS) is 10.0. The number of hydrogen-bond donors (Lipinski definition) is 2. The van der Waals surface area contributed by atoms with Gasteiger partial charge in [-0.2, -0.15) is 0 Å². The summed E-state index contributed by atoms with van der Waals surface area (Å²) in [6, 6.07) is 8.53. The van der Waals surface area contributed by atoms with Crippen molar-refractivity contribution in [1.82, 2.24) is 0 Å². The number of halogens is 2. The molecule has 0 fully saturated rings. The van der Waals surface area contributed by atoms with E-state index in [4.69, 9.17) is 11.6 Å². The molecule has 0 heterocycles. The zero-order valence-corrected chi connectivity index (χ0v) is 11.2. The highest BCUT2D eigenvalue weighted by Crippen LogP contribution is 2.27. The standard InChI is InChI=1S/C13H9ClFN3O3/c14-11-5-4-10(7-12(11)18(20)21)17-13(19)16-9-3-1-2-8(15)6-9/h1-7H,(H2,16,17,19). The number of nitrogens with zero attached hydrogens (tertiary/aromatic N) is 1. The second-order valence-electron chi connectivity index (χ2n) is 4.01. The van der Waals surface area contributed by atoms with Crippen LogP contribution in [-0.4, -0.2) is 11.0 Å². The average molecular weight is 310 g/mol. The molecule has 0 saturated heterocycles. The van der Waals surface area contributed by atoms with Gasteiger partial charge in [0, 0.05) is 17.4 Å². The summed E-state index contributed by atoms with van der Waals surface area (Å²) in [6.07, 6.45) is 0. The molecule has 0 unspecified atom stereocenters. The number of hydrogen-bond acceptors (Lipinski definition) is 3. The zero-order chi connectivity index (χ0) is 15.4. The number of rotatable bonds is 3. The van der Waals surface area contributed by atoms with Gasteiger partial charge in [-0.1, -0.05) is 17.7 Å². The molecule has 108 valence electrons. The largest absolute Gasteiger partial charge is 0.323 e. The van der Waals surface area contributed by atoms with Crippen molar-refractivity contribution in [3.05, 3.63) is 63.4 Å². The van der Waals surface area contributed by atoms with E-state index in [9.17, 15) is 19.3 Å². The molecule has 2 N–H and O–H groups in total. The Hall–Kier alpha value is -2.67. The number of urea groups is 1. The van der Waals surface area contributed by atoms with E-state index in [0.717, 1.165) is 12.1 Å². The molecular weight excluding hydrogens is 301 g/mol. The lowest BCUT2D eigenvalue weighted by Gasteiger charge is -2.08. The number of carbonyl (C=O) groups is 1. The van der Waals surface area contributed by atoms with Crippen LogP contribution in [0.15, 0.2) is 42.5 Å². The van der Waals surface area contributed by atoms with Crippen molar-refractivity contribution >= 4 is 34.7 Å². The van der Waals surface area contributed by atoms with Gasteiger partial charge in [0.2, 0.25) is 0 Å². The molecule has 2 aromatic carbocycles. The highest BCUT2D eigenvalue weighted by Gasteiger charge is 2.13. The Bertz CT molecular complexity index is 709. The predicted octanol–water partition coefficient (Wildman–Crippen LogP) is 4.03. The zero-order valence-electron chi connectivity index (χ0n) is 10.5. The molecule has 6 nitrogen and oxygen atoms in total. The van der Waals surface area contributed by atoms with Crippen molar-refractivity contribution in [2.24, 2.45) is 0 Å². The first kappa shape index (κ1) is 14.7. The lowest BCUT2D eigenvalue weighted by Crippen LogP contribution is -2.19. The molecule has 0 bridgehead atoms. The summed E-state index contributed by atoms with van der Waals surface area (Å²) in [5, 5.41) is 15.5. The SMILES string of the molecule is O=C(Nc1cccc(F)c1)Nc1ccc(Cl)c([N+](=O)[O-])c1. The summed E-state index contributed by atoms with van der Waals surface area (Å²) in [4.78, 5) is 21.8. The van der Waals surface area contributed by atoms with E-state index in [0.29, 0.717) is 0 Å². The number of nitrogens with one attached hydrogen (secondary N) is 2. The molecular formula is C13H9ClFN3O3. The second-order valence-corrected chi connectivity index (χ2v) is 4.42. The average Bonchev–Trinajstić information content (AvgIpc) is 2.40. The van der Waals surface area contributed by atoms with E-state index in [1.807, 2.05) is 0 Å². The Kier molecular flexibility index (Phi) is 4.34. The molecule has 2 amide bonds. The summed E-state index contributed by atoms with van der Waals surface area (Å²) in [5.41, 5.74) is 0.135. The van der Waals surface area contributed by atoms with Gasteiger partial charge in [0.15, 0.2) is 0 Å². The van der Waals surface area contributed by atoms with Crippen LogP contribution in [0.25, 0.3) is 0 Å². The van der Waals surface area contributed by atoms with Crippen molar-refractivity contribution in [1.29, 1.82) is 0 Å². The summed E-state index contributed by atoms with van der Waals surface area (Å²) >= 11 is 5.66. The Morgan fingerprint density at radius 2 is 1.81 bits per heavy atom. The minimum Gasteiger partial charge on any atom is -0.308 e. The van der Waals surface area contributed by atoms with Gasteiger partial charge in [0.25, 0.3) is 5.69 Å². The van der Waals surface area contributed by atoms with Crippen LogP contribution in [0.1, 0.15) is 0 Å². The fourth-order valence-corrected chi connectivity index (χ4v) is 1.78. The Labute approximate surface area is 123 Å². The summed E-state index contributed by atoms with van der Waals surface area (Å²) < 4.78 is 13.0. The molecule has 8 heteroatoms. The first-order valence-corrected chi connectivity index (χ1v) is 6.11. The maximum Gasteiger partial charge on any atom is 0.323 e. The number of nitro groups is 1. The van der Waals surface area contributed by atoms with Gasteiger partial charge < -0.3 is 10.6 Å². The van der Waals surface area contributed by atoms with Crippen LogP contribution in [-0.2, 0) is 0 Å². The number of benzene rings is 2. The van der Waals surface area contributed by atoms with Gasteiger partial charge in [-0.3, -0.25) is 10.1 Å². The van der Waals surface area contributed by atoms with Crippen LogP contribution in [0.3, 0.4) is 0 Å². The molecule has 0 aliphatic heterocycles. The maximum absolute atomic E-state index is 13.0. The number of amides is 2. The van der Waals surface area contributed by atoms with Crippen molar-refractivity contribution in [3.8, 4) is 0 Å². The highest BCUT2D eigenvalue weighted by molar-refractivity contribution is 6.32. The van der Waals surface area contributed by atoms with E-state index in [-0.39, 0.29) is 22.1 Å². The smallest absolute Gasteiger partial charge is 0.308 e. The first-order chi connectivity index (χ1) is 9.95. The van der Waals surface area contributed by atoms with Gasteiger partial charge in [-0.25, -0.2) is 9.18 Å². The van der Waals surface area contributed by atoms with E-state index >= 15 is 0 Å². The van der Waals surface area contributed by atoms with Gasteiger partial charge in [0.1, 0.15) is 10.8 Å². The maximum atomic E-state index is 13.0. The molecule has 2 aromatic rings. The summed E-state index contributed by atoms with van der Waals surface area (Å²) in [5.74, 6) is -0.491. The summed E-state index contributed by atoms with van der Waals surface area (Å²) in [7, 11) is 0. The van der Waals surface area contributed by atoms with Gasteiger partial charge in [-0.15, -0.1) is 0 Å². The number of carbonyl (C=O) groups excluding carboxylic acids is 1. The molecule has 0 aliphatic rings. The van der Waals surface area contributed by atoms with Crippen molar-refractivity contribution < 1.29 is 14.1 Å². The molecule has 21 heavy (non-hydrogen) atoms. The van der Waals surface area contributed by atoms with Crippen LogP contribution < -0.4 is 10.6 Å². The van der Waals surface area contributed by atoms with Crippen LogP contribution in [0, 0.1) is 15.9 Å². The fourth-order valence-electron chi connectivity index (χ4n) is 1.59. The minimum atomic E-state index is -0.655. The first-order valence-electron chi connectivity index (χ1n) is 5.73. The third-order valence-corrected chi connectivity index (χ3v) is 2.80. The van der Waals surface area contributed by atoms with Crippen LogP contribution in [0.5, 0.6) is 0 Å². The third kappa shape index (κ3) is 3.90. The lowest BCUT2D eigenvalue weighted by atomic mass is 10.3. The van der Waals surface area contributed by atoms with Crippen molar-refractivity contribution in [2.75, 3.05) is 10.6 Å². The Morgan fingerprint density at radius 3 is 2.43 bits per heavy atom. The Morgan fingerprint density at radius 1 is 1.14 bits per heavy atom. The minimum absolute atomic E-state index is 0.0314.